The molecule has 1 aliphatic heterocycles. The molecular weight excluding hydrogens is 348 g/mol. The molecule has 0 atom stereocenters. The number of carbonyl (C=O) groups excluding carboxylic acids is 2. The van der Waals surface area contributed by atoms with Crippen molar-refractivity contribution in [2.24, 2.45) is 0 Å². The summed E-state index contributed by atoms with van der Waals surface area (Å²) in [7, 11) is 0. The van der Waals surface area contributed by atoms with Crippen molar-refractivity contribution in [2.45, 2.75) is 20.3 Å². The minimum atomic E-state index is -0.0576. The number of nitrogens with zero attached hydrogens (tertiary/aromatic N) is 3. The second-order valence-corrected chi connectivity index (χ2v) is 7.49. The van der Waals surface area contributed by atoms with Gasteiger partial charge in [0, 0.05) is 37.1 Å². The van der Waals surface area contributed by atoms with E-state index in [1.54, 1.807) is 0 Å². The van der Waals surface area contributed by atoms with Crippen molar-refractivity contribution in [1.29, 1.82) is 0 Å². The number of anilines is 1. The SMILES string of the molecule is Cc1cccc(C(=O)N2CCCN(CC(=O)Nc3nc(C)cs3)CC2)c1. The standard InChI is InChI=1S/C19H24N4O2S/c1-14-5-3-6-16(11-14)18(25)23-8-4-7-22(9-10-23)12-17(24)21-19-20-15(2)13-26-19/h3,5-6,11,13H,4,7-10,12H2,1-2H3,(H,20,21,24). The van der Waals surface area contributed by atoms with Crippen LogP contribution in [0.5, 0.6) is 0 Å². The highest BCUT2D eigenvalue weighted by Crippen LogP contribution is 2.15. The van der Waals surface area contributed by atoms with Gasteiger partial charge in [0.25, 0.3) is 5.91 Å². The van der Waals surface area contributed by atoms with E-state index in [1.165, 1.54) is 11.3 Å². The van der Waals surface area contributed by atoms with Crippen molar-refractivity contribution in [3.63, 3.8) is 0 Å². The molecule has 0 saturated carbocycles. The van der Waals surface area contributed by atoms with Crippen LogP contribution in [0, 0.1) is 13.8 Å². The normalized spacial score (nSPS) is 15.5. The Morgan fingerprint density at radius 2 is 2.04 bits per heavy atom. The van der Waals surface area contributed by atoms with Gasteiger partial charge in [-0.2, -0.15) is 0 Å². The van der Waals surface area contributed by atoms with E-state index >= 15 is 0 Å². The third-order valence-corrected chi connectivity index (χ3v) is 5.25. The molecule has 1 aliphatic rings. The van der Waals surface area contributed by atoms with Crippen LogP contribution in [0.3, 0.4) is 0 Å². The molecular formula is C19H24N4O2S. The summed E-state index contributed by atoms with van der Waals surface area (Å²) in [6.07, 6.45) is 0.862. The second-order valence-electron chi connectivity index (χ2n) is 6.63. The second kappa shape index (κ2) is 8.42. The number of hydrogen-bond donors (Lipinski definition) is 1. The summed E-state index contributed by atoms with van der Waals surface area (Å²) in [5, 5.41) is 5.39. The Morgan fingerprint density at radius 1 is 1.19 bits per heavy atom. The maximum Gasteiger partial charge on any atom is 0.253 e. The Balaban J connectivity index is 1.53. The molecule has 1 aromatic carbocycles. The number of aryl methyl sites for hydroxylation is 2. The summed E-state index contributed by atoms with van der Waals surface area (Å²) in [6.45, 7) is 7.08. The monoisotopic (exact) mass is 372 g/mol. The molecule has 26 heavy (non-hydrogen) atoms. The summed E-state index contributed by atoms with van der Waals surface area (Å²) in [6, 6.07) is 7.69. The van der Waals surface area contributed by atoms with E-state index in [4.69, 9.17) is 0 Å². The van der Waals surface area contributed by atoms with Crippen LogP contribution >= 0.6 is 11.3 Å². The maximum absolute atomic E-state index is 12.7. The molecule has 2 heterocycles. The Bertz CT molecular complexity index is 789. The minimum absolute atomic E-state index is 0.0576. The number of benzene rings is 1. The van der Waals surface area contributed by atoms with Gasteiger partial charge in [0.2, 0.25) is 5.91 Å². The number of aromatic nitrogens is 1. The van der Waals surface area contributed by atoms with Gasteiger partial charge in [0.15, 0.2) is 5.13 Å². The van der Waals surface area contributed by atoms with Crippen LogP contribution in [0.4, 0.5) is 5.13 Å². The first-order valence-electron chi connectivity index (χ1n) is 8.81. The van der Waals surface area contributed by atoms with Crippen molar-refractivity contribution in [3.8, 4) is 0 Å². The van der Waals surface area contributed by atoms with E-state index in [0.29, 0.717) is 24.8 Å². The summed E-state index contributed by atoms with van der Waals surface area (Å²) in [5.41, 5.74) is 2.72. The molecule has 0 aliphatic carbocycles. The van der Waals surface area contributed by atoms with Crippen molar-refractivity contribution < 1.29 is 9.59 Å². The van der Waals surface area contributed by atoms with Gasteiger partial charge < -0.3 is 10.2 Å². The van der Waals surface area contributed by atoms with E-state index in [0.717, 1.165) is 36.3 Å². The first-order valence-corrected chi connectivity index (χ1v) is 9.69. The lowest BCUT2D eigenvalue weighted by Gasteiger charge is -2.22. The van der Waals surface area contributed by atoms with Gasteiger partial charge >= 0.3 is 0 Å². The summed E-state index contributed by atoms with van der Waals surface area (Å²) >= 11 is 1.43. The van der Waals surface area contributed by atoms with Crippen LogP contribution in [0.15, 0.2) is 29.6 Å². The zero-order valence-corrected chi connectivity index (χ0v) is 16.0. The lowest BCUT2D eigenvalue weighted by atomic mass is 10.1. The predicted octanol–water partition coefficient (Wildman–Crippen LogP) is 2.55. The Morgan fingerprint density at radius 3 is 2.77 bits per heavy atom. The molecule has 0 radical (unpaired) electrons. The van der Waals surface area contributed by atoms with Crippen LogP contribution in [-0.2, 0) is 4.79 Å². The topological polar surface area (TPSA) is 65.5 Å². The lowest BCUT2D eigenvalue weighted by molar-refractivity contribution is -0.117. The first kappa shape index (κ1) is 18.5. The number of rotatable bonds is 4. The Kier molecular flexibility index (Phi) is 6.00. The van der Waals surface area contributed by atoms with Crippen molar-refractivity contribution in [3.05, 3.63) is 46.5 Å². The highest BCUT2D eigenvalue weighted by Gasteiger charge is 2.21. The van der Waals surface area contributed by atoms with Gasteiger partial charge in [-0.1, -0.05) is 17.7 Å². The molecule has 7 heteroatoms. The average molecular weight is 372 g/mol. The van der Waals surface area contributed by atoms with E-state index in [-0.39, 0.29) is 11.8 Å². The summed E-state index contributed by atoms with van der Waals surface area (Å²) in [5.74, 6) is 0.0103. The molecule has 3 rings (SSSR count). The Hall–Kier alpha value is -2.25. The van der Waals surface area contributed by atoms with E-state index in [9.17, 15) is 9.59 Å². The van der Waals surface area contributed by atoms with Crippen LogP contribution in [0.1, 0.15) is 28.0 Å². The largest absolute Gasteiger partial charge is 0.337 e. The van der Waals surface area contributed by atoms with E-state index in [1.807, 2.05) is 48.4 Å². The summed E-state index contributed by atoms with van der Waals surface area (Å²) in [4.78, 5) is 33.1. The number of hydrogen-bond acceptors (Lipinski definition) is 5. The van der Waals surface area contributed by atoms with Crippen LogP contribution in [-0.4, -0.2) is 59.3 Å². The molecule has 0 bridgehead atoms. The molecule has 138 valence electrons. The molecule has 0 spiro atoms. The Labute approximate surface area is 157 Å². The average Bonchev–Trinajstić information content (AvgIpc) is 2.87. The quantitative estimate of drug-likeness (QED) is 0.896. The first-order chi connectivity index (χ1) is 12.5. The predicted molar refractivity (Wildman–Crippen MR) is 104 cm³/mol. The van der Waals surface area contributed by atoms with Crippen molar-refractivity contribution in [1.82, 2.24) is 14.8 Å². The van der Waals surface area contributed by atoms with Crippen LogP contribution < -0.4 is 5.32 Å². The summed E-state index contributed by atoms with van der Waals surface area (Å²) < 4.78 is 0. The molecule has 1 saturated heterocycles. The van der Waals surface area contributed by atoms with Gasteiger partial charge in [-0.15, -0.1) is 11.3 Å². The molecule has 1 aromatic heterocycles. The van der Waals surface area contributed by atoms with Crippen molar-refractivity contribution >= 4 is 28.3 Å². The van der Waals surface area contributed by atoms with Gasteiger partial charge in [0.05, 0.1) is 12.2 Å². The van der Waals surface area contributed by atoms with Gasteiger partial charge in [0.1, 0.15) is 0 Å². The fraction of sp³-hybridized carbons (Fsp3) is 0.421. The van der Waals surface area contributed by atoms with Gasteiger partial charge in [-0.05, 0) is 32.4 Å². The van der Waals surface area contributed by atoms with E-state index in [2.05, 4.69) is 15.2 Å². The molecule has 0 unspecified atom stereocenters. The zero-order chi connectivity index (χ0) is 18.5. The molecule has 6 nitrogen and oxygen atoms in total. The lowest BCUT2D eigenvalue weighted by Crippen LogP contribution is -2.38. The number of amides is 2. The fourth-order valence-corrected chi connectivity index (χ4v) is 3.77. The molecule has 1 N–H and O–H groups in total. The minimum Gasteiger partial charge on any atom is -0.337 e. The number of nitrogens with one attached hydrogen (secondary N) is 1. The van der Waals surface area contributed by atoms with Crippen LogP contribution in [0.2, 0.25) is 0 Å². The highest BCUT2D eigenvalue weighted by atomic mass is 32.1. The molecule has 1 fully saturated rings. The van der Waals surface area contributed by atoms with Crippen LogP contribution in [0.25, 0.3) is 0 Å². The van der Waals surface area contributed by atoms with Gasteiger partial charge in [-0.25, -0.2) is 4.98 Å². The third kappa shape index (κ3) is 4.89. The zero-order valence-electron chi connectivity index (χ0n) is 15.2. The van der Waals surface area contributed by atoms with Crippen molar-refractivity contribution in [2.75, 3.05) is 38.0 Å². The van der Waals surface area contributed by atoms with E-state index < -0.39 is 0 Å². The molecule has 2 amide bonds. The highest BCUT2D eigenvalue weighted by molar-refractivity contribution is 7.13. The number of thiazole rings is 1. The van der Waals surface area contributed by atoms with Gasteiger partial charge in [-0.3, -0.25) is 14.5 Å². The fourth-order valence-electron chi connectivity index (χ4n) is 3.07. The third-order valence-electron chi connectivity index (χ3n) is 4.37. The smallest absolute Gasteiger partial charge is 0.253 e. The number of carbonyl (C=O) groups is 2. The molecule has 2 aromatic rings. The maximum atomic E-state index is 12.7.